The van der Waals surface area contributed by atoms with Crippen molar-refractivity contribution in [2.75, 3.05) is 12.3 Å². The van der Waals surface area contributed by atoms with Crippen molar-refractivity contribution in [1.82, 2.24) is 0 Å². The SMILES string of the molecule is CC(=O)O.CCOC(=O)Cc1cc(Cl)c(N)cc1F. The second-order valence-corrected chi connectivity index (χ2v) is 3.87. The number of benzene rings is 1. The van der Waals surface area contributed by atoms with Gasteiger partial charge in [-0.2, -0.15) is 0 Å². The summed E-state index contributed by atoms with van der Waals surface area (Å²) in [5.41, 5.74) is 5.73. The first kappa shape index (κ1) is 17.2. The third kappa shape index (κ3) is 7.25. The fourth-order valence-electron chi connectivity index (χ4n) is 1.11. The topological polar surface area (TPSA) is 89.6 Å². The number of carbonyl (C=O) groups excluding carboxylic acids is 1. The van der Waals surface area contributed by atoms with Crippen LogP contribution in [0.1, 0.15) is 19.4 Å². The Balaban J connectivity index is 0.000000711. The van der Waals surface area contributed by atoms with E-state index in [1.165, 1.54) is 6.07 Å². The average Bonchev–Trinajstić information content (AvgIpc) is 2.25. The highest BCUT2D eigenvalue weighted by molar-refractivity contribution is 6.33. The zero-order chi connectivity index (χ0) is 15.0. The highest BCUT2D eigenvalue weighted by atomic mass is 35.5. The number of hydrogen-bond donors (Lipinski definition) is 2. The summed E-state index contributed by atoms with van der Waals surface area (Å²) in [5, 5.41) is 7.65. The monoisotopic (exact) mass is 291 g/mol. The average molecular weight is 292 g/mol. The number of esters is 1. The number of carbonyl (C=O) groups is 2. The molecule has 0 aliphatic carbocycles. The van der Waals surface area contributed by atoms with Crippen LogP contribution in [0.5, 0.6) is 0 Å². The molecular weight excluding hydrogens is 277 g/mol. The summed E-state index contributed by atoms with van der Waals surface area (Å²) in [6.45, 7) is 3.04. The highest BCUT2D eigenvalue weighted by Gasteiger charge is 2.11. The molecule has 0 amide bonds. The molecule has 0 unspecified atom stereocenters. The minimum atomic E-state index is -0.833. The van der Waals surface area contributed by atoms with E-state index in [4.69, 9.17) is 32.0 Å². The first-order valence-corrected chi connectivity index (χ1v) is 5.74. The molecule has 0 spiro atoms. The van der Waals surface area contributed by atoms with Crippen LogP contribution in [0.25, 0.3) is 0 Å². The van der Waals surface area contributed by atoms with Gasteiger partial charge in [-0.15, -0.1) is 0 Å². The predicted octanol–water partition coefficient (Wildman–Crippen LogP) is 2.26. The molecule has 106 valence electrons. The van der Waals surface area contributed by atoms with E-state index in [2.05, 4.69) is 0 Å². The first-order chi connectivity index (χ1) is 8.77. The summed E-state index contributed by atoms with van der Waals surface area (Å²) >= 11 is 5.70. The molecule has 0 aromatic heterocycles. The van der Waals surface area contributed by atoms with Crippen LogP contribution < -0.4 is 5.73 Å². The fraction of sp³-hybridized carbons (Fsp3) is 0.333. The third-order valence-corrected chi connectivity index (χ3v) is 2.13. The quantitative estimate of drug-likeness (QED) is 0.658. The molecule has 0 aliphatic heterocycles. The van der Waals surface area contributed by atoms with Crippen LogP contribution in [-0.4, -0.2) is 23.7 Å². The van der Waals surface area contributed by atoms with Gasteiger partial charge in [0.2, 0.25) is 0 Å². The molecule has 0 radical (unpaired) electrons. The maximum atomic E-state index is 13.3. The van der Waals surface area contributed by atoms with Gasteiger partial charge in [-0.1, -0.05) is 11.6 Å². The van der Waals surface area contributed by atoms with Crippen molar-refractivity contribution in [2.45, 2.75) is 20.3 Å². The number of rotatable bonds is 3. The lowest BCUT2D eigenvalue weighted by Crippen LogP contribution is -2.09. The fourth-order valence-corrected chi connectivity index (χ4v) is 1.29. The molecule has 0 heterocycles. The molecule has 3 N–H and O–H groups in total. The number of nitrogens with two attached hydrogens (primary N) is 1. The number of nitrogen functional groups attached to an aromatic ring is 1. The Morgan fingerprint density at radius 2 is 2.00 bits per heavy atom. The number of hydrogen-bond acceptors (Lipinski definition) is 4. The van der Waals surface area contributed by atoms with Gasteiger partial charge in [0.15, 0.2) is 0 Å². The van der Waals surface area contributed by atoms with E-state index in [1.54, 1.807) is 6.92 Å². The van der Waals surface area contributed by atoms with Gasteiger partial charge in [-0.3, -0.25) is 9.59 Å². The summed E-state index contributed by atoms with van der Waals surface area (Å²) in [4.78, 5) is 20.1. The summed E-state index contributed by atoms with van der Waals surface area (Å²) in [5.74, 6) is -1.87. The van der Waals surface area contributed by atoms with Crippen LogP contribution in [0.4, 0.5) is 10.1 Å². The summed E-state index contributed by atoms with van der Waals surface area (Å²) < 4.78 is 18.0. The van der Waals surface area contributed by atoms with E-state index in [-0.39, 0.29) is 29.3 Å². The van der Waals surface area contributed by atoms with Gasteiger partial charge in [0.25, 0.3) is 5.97 Å². The van der Waals surface area contributed by atoms with E-state index < -0.39 is 17.8 Å². The second-order valence-electron chi connectivity index (χ2n) is 3.47. The smallest absolute Gasteiger partial charge is 0.310 e. The van der Waals surface area contributed by atoms with E-state index >= 15 is 0 Å². The van der Waals surface area contributed by atoms with Crippen LogP contribution in [0, 0.1) is 5.82 Å². The van der Waals surface area contributed by atoms with Crippen molar-refractivity contribution in [1.29, 1.82) is 0 Å². The van der Waals surface area contributed by atoms with Crippen LogP contribution in [-0.2, 0) is 20.7 Å². The largest absolute Gasteiger partial charge is 0.481 e. The Bertz CT molecular complexity index is 461. The lowest BCUT2D eigenvalue weighted by Gasteiger charge is -2.05. The van der Waals surface area contributed by atoms with Crippen molar-refractivity contribution in [3.05, 3.63) is 28.5 Å². The minimum absolute atomic E-state index is 0.139. The Kier molecular flexibility index (Phi) is 7.52. The normalized spacial score (nSPS) is 9.26. The Morgan fingerprint density at radius 3 is 2.47 bits per heavy atom. The molecule has 1 rings (SSSR count). The summed E-state index contributed by atoms with van der Waals surface area (Å²) in [7, 11) is 0. The van der Waals surface area contributed by atoms with Crippen LogP contribution in [0.15, 0.2) is 12.1 Å². The standard InChI is InChI=1S/C10H11ClFNO2.C2H4O2/c1-2-15-10(14)4-6-3-7(11)9(13)5-8(6)12;1-2(3)4/h3,5H,2,4,13H2,1H3;1H3,(H,3,4). The van der Waals surface area contributed by atoms with Crippen molar-refractivity contribution in [2.24, 2.45) is 0 Å². The Hall–Kier alpha value is -1.82. The lowest BCUT2D eigenvalue weighted by molar-refractivity contribution is -0.142. The zero-order valence-corrected chi connectivity index (χ0v) is 11.3. The number of anilines is 1. The molecule has 0 atom stereocenters. The second kappa shape index (κ2) is 8.31. The molecule has 0 fully saturated rings. The lowest BCUT2D eigenvalue weighted by atomic mass is 10.1. The molecule has 5 nitrogen and oxygen atoms in total. The number of carboxylic acids is 1. The van der Waals surface area contributed by atoms with E-state index in [9.17, 15) is 9.18 Å². The zero-order valence-electron chi connectivity index (χ0n) is 10.6. The van der Waals surface area contributed by atoms with Crippen LogP contribution in [0.3, 0.4) is 0 Å². The third-order valence-electron chi connectivity index (χ3n) is 1.81. The molecule has 0 aliphatic rings. The van der Waals surface area contributed by atoms with Gasteiger partial charge in [-0.05, 0) is 19.1 Å². The predicted molar refractivity (Wildman–Crippen MR) is 69.5 cm³/mol. The Labute approximate surface area is 115 Å². The molecule has 7 heteroatoms. The van der Waals surface area contributed by atoms with Gasteiger partial charge >= 0.3 is 5.97 Å². The summed E-state index contributed by atoms with van der Waals surface area (Å²) in [6.07, 6.45) is -0.139. The number of ether oxygens (including phenoxy) is 1. The Morgan fingerprint density at radius 1 is 1.47 bits per heavy atom. The van der Waals surface area contributed by atoms with Gasteiger partial charge in [0.1, 0.15) is 5.82 Å². The highest BCUT2D eigenvalue weighted by Crippen LogP contribution is 2.23. The van der Waals surface area contributed by atoms with E-state index in [1.807, 2.05) is 0 Å². The van der Waals surface area contributed by atoms with Crippen molar-refractivity contribution >= 4 is 29.2 Å². The number of carboxylic acid groups (broad SMARTS) is 1. The van der Waals surface area contributed by atoms with Gasteiger partial charge < -0.3 is 15.6 Å². The first-order valence-electron chi connectivity index (χ1n) is 5.36. The van der Waals surface area contributed by atoms with Crippen LogP contribution >= 0.6 is 11.6 Å². The van der Waals surface area contributed by atoms with Gasteiger partial charge in [-0.25, -0.2) is 4.39 Å². The molecule has 0 saturated carbocycles. The minimum Gasteiger partial charge on any atom is -0.481 e. The number of aliphatic carboxylic acids is 1. The van der Waals surface area contributed by atoms with Crippen molar-refractivity contribution < 1.29 is 23.8 Å². The molecule has 1 aromatic carbocycles. The summed E-state index contributed by atoms with van der Waals surface area (Å²) in [6, 6.07) is 2.43. The maximum absolute atomic E-state index is 13.3. The van der Waals surface area contributed by atoms with Crippen molar-refractivity contribution in [3.8, 4) is 0 Å². The van der Waals surface area contributed by atoms with Crippen molar-refractivity contribution in [3.63, 3.8) is 0 Å². The van der Waals surface area contributed by atoms with Crippen LogP contribution in [0.2, 0.25) is 5.02 Å². The molecule has 0 saturated heterocycles. The molecule has 19 heavy (non-hydrogen) atoms. The van der Waals surface area contributed by atoms with E-state index in [0.717, 1.165) is 13.0 Å². The van der Waals surface area contributed by atoms with E-state index in [0.29, 0.717) is 0 Å². The number of halogens is 2. The maximum Gasteiger partial charge on any atom is 0.310 e. The van der Waals surface area contributed by atoms with Gasteiger partial charge in [0.05, 0.1) is 23.7 Å². The molecule has 1 aromatic rings. The van der Waals surface area contributed by atoms with Gasteiger partial charge in [0, 0.05) is 12.5 Å². The molecular formula is C12H15ClFNO4. The molecule has 0 bridgehead atoms.